The van der Waals surface area contributed by atoms with Crippen molar-refractivity contribution in [2.24, 2.45) is 0 Å². The quantitative estimate of drug-likeness (QED) is 0.248. The van der Waals surface area contributed by atoms with Crippen LogP contribution in [-0.4, -0.2) is 21.7 Å². The normalized spacial score (nSPS) is 15.8. The molecule has 0 saturated carbocycles. The molecule has 0 aliphatic carbocycles. The number of amides is 1. The average molecular weight is 607 g/mol. The number of hydrogen-bond donors (Lipinski definition) is 0. The molecule has 1 aliphatic heterocycles. The van der Waals surface area contributed by atoms with Gasteiger partial charge in [0, 0.05) is 9.13 Å². The number of hydrogen-bond acceptors (Lipinski definition) is 4. The van der Waals surface area contributed by atoms with E-state index in [-0.39, 0.29) is 5.91 Å². The van der Waals surface area contributed by atoms with Crippen LogP contribution >= 0.6 is 69.2 Å². The molecule has 1 heterocycles. The van der Waals surface area contributed by atoms with Crippen molar-refractivity contribution in [1.82, 2.24) is 4.90 Å². The van der Waals surface area contributed by atoms with Crippen molar-refractivity contribution in [3.05, 3.63) is 65.6 Å². The maximum absolute atomic E-state index is 12.9. The summed E-state index contributed by atoms with van der Waals surface area (Å²) in [5, 5.41) is 0. The summed E-state index contributed by atoms with van der Waals surface area (Å²) in [6.45, 7) is 3.02. The third-order valence-electron chi connectivity index (χ3n) is 3.67. The summed E-state index contributed by atoms with van der Waals surface area (Å²) in [4.78, 5) is 15.2. The second kappa shape index (κ2) is 9.03. The molecular formula is C19H15I2NO2S2. The molecule has 0 N–H and O–H groups in total. The zero-order valence-electron chi connectivity index (χ0n) is 13.9. The number of ether oxygens (including phenoxy) is 1. The van der Waals surface area contributed by atoms with Gasteiger partial charge in [0.2, 0.25) is 0 Å². The number of benzene rings is 2. The number of carbonyl (C=O) groups excluding carboxylic acids is 1. The monoisotopic (exact) mass is 607 g/mol. The van der Waals surface area contributed by atoms with E-state index in [1.165, 1.54) is 11.8 Å². The van der Waals surface area contributed by atoms with Crippen LogP contribution in [-0.2, 0) is 11.3 Å². The van der Waals surface area contributed by atoms with Gasteiger partial charge in [0.05, 0.1) is 21.6 Å². The lowest BCUT2D eigenvalue weighted by atomic mass is 10.1. The zero-order valence-corrected chi connectivity index (χ0v) is 19.8. The molecule has 26 heavy (non-hydrogen) atoms. The molecule has 0 unspecified atom stereocenters. The van der Waals surface area contributed by atoms with Crippen LogP contribution in [0.5, 0.6) is 5.75 Å². The van der Waals surface area contributed by atoms with E-state index in [1.54, 1.807) is 4.90 Å². The molecular weight excluding hydrogens is 592 g/mol. The van der Waals surface area contributed by atoms with Gasteiger partial charge in [-0.2, -0.15) is 0 Å². The fraction of sp³-hybridized carbons (Fsp3) is 0.158. The summed E-state index contributed by atoms with van der Waals surface area (Å²) in [6.07, 6.45) is 1.89. The lowest BCUT2D eigenvalue weighted by Crippen LogP contribution is -2.27. The Hall–Kier alpha value is -0.650. The van der Waals surface area contributed by atoms with Gasteiger partial charge in [-0.3, -0.25) is 9.69 Å². The predicted octanol–water partition coefficient (Wildman–Crippen LogP) is 5.70. The second-order valence-electron chi connectivity index (χ2n) is 5.49. The summed E-state index contributed by atoms with van der Waals surface area (Å²) >= 11 is 11.3. The molecule has 2 aromatic rings. The highest BCUT2D eigenvalue weighted by Gasteiger charge is 2.32. The Balaban J connectivity index is 1.91. The minimum atomic E-state index is -0.0554. The summed E-state index contributed by atoms with van der Waals surface area (Å²) in [5.74, 6) is 0.752. The number of thioether (sulfide) groups is 1. The Labute approximate surface area is 189 Å². The van der Waals surface area contributed by atoms with Gasteiger partial charge in [-0.1, -0.05) is 54.3 Å². The molecule has 1 aliphatic rings. The number of carbonyl (C=O) groups is 1. The van der Waals surface area contributed by atoms with Crippen molar-refractivity contribution in [2.75, 3.05) is 6.61 Å². The van der Waals surface area contributed by atoms with Crippen molar-refractivity contribution in [3.63, 3.8) is 0 Å². The first-order valence-electron chi connectivity index (χ1n) is 7.90. The van der Waals surface area contributed by atoms with E-state index >= 15 is 0 Å². The number of thiocarbonyl (C=S) groups is 1. The molecule has 3 rings (SSSR count). The van der Waals surface area contributed by atoms with Crippen LogP contribution in [0.25, 0.3) is 6.08 Å². The average Bonchev–Trinajstić information content (AvgIpc) is 2.86. The van der Waals surface area contributed by atoms with Crippen LogP contribution in [0.3, 0.4) is 0 Å². The smallest absolute Gasteiger partial charge is 0.266 e. The van der Waals surface area contributed by atoms with Crippen LogP contribution in [0.15, 0.2) is 47.4 Å². The van der Waals surface area contributed by atoms with E-state index in [9.17, 15) is 4.79 Å². The lowest BCUT2D eigenvalue weighted by molar-refractivity contribution is -0.122. The van der Waals surface area contributed by atoms with Crippen LogP contribution in [0.1, 0.15) is 18.1 Å². The van der Waals surface area contributed by atoms with E-state index in [4.69, 9.17) is 17.0 Å². The molecule has 1 saturated heterocycles. The SMILES string of the molecule is CCOc1c(I)cc(I)cc1/C=C1\SC(=S)N(Cc2ccccc2)C1=O. The standard InChI is InChI=1S/C19H15I2NO2S2/c1-2-24-17-13(8-14(20)10-15(17)21)9-16-18(23)22(19(25)26-16)11-12-6-4-3-5-7-12/h3-10H,2,11H2,1H3/b16-9-. The molecule has 0 aromatic heterocycles. The van der Waals surface area contributed by atoms with Crippen LogP contribution < -0.4 is 4.74 Å². The Bertz CT molecular complexity index is 885. The van der Waals surface area contributed by atoms with Gasteiger partial charge in [0.1, 0.15) is 10.1 Å². The number of nitrogens with zero attached hydrogens (tertiary/aromatic N) is 1. The maximum Gasteiger partial charge on any atom is 0.266 e. The van der Waals surface area contributed by atoms with Gasteiger partial charge in [0.15, 0.2) is 0 Å². The first-order chi connectivity index (χ1) is 12.5. The topological polar surface area (TPSA) is 29.5 Å². The first kappa shape index (κ1) is 20.1. The van der Waals surface area contributed by atoms with Crippen molar-refractivity contribution < 1.29 is 9.53 Å². The summed E-state index contributed by atoms with van der Waals surface area (Å²) in [5.41, 5.74) is 1.97. The van der Waals surface area contributed by atoms with Crippen molar-refractivity contribution in [1.29, 1.82) is 0 Å². The molecule has 3 nitrogen and oxygen atoms in total. The zero-order chi connectivity index (χ0) is 18.7. The molecule has 134 valence electrons. The van der Waals surface area contributed by atoms with Gasteiger partial charge in [-0.25, -0.2) is 0 Å². The van der Waals surface area contributed by atoms with E-state index in [0.717, 1.165) is 24.0 Å². The number of rotatable bonds is 5. The minimum Gasteiger partial charge on any atom is -0.492 e. The van der Waals surface area contributed by atoms with E-state index in [2.05, 4.69) is 51.2 Å². The highest BCUT2D eigenvalue weighted by atomic mass is 127. The third-order valence-corrected chi connectivity index (χ3v) is 6.47. The van der Waals surface area contributed by atoms with Gasteiger partial charge >= 0.3 is 0 Å². The molecule has 0 bridgehead atoms. The van der Waals surface area contributed by atoms with Gasteiger partial charge in [-0.15, -0.1) is 0 Å². The minimum absolute atomic E-state index is 0.0554. The molecule has 2 aromatic carbocycles. The Kier molecular flexibility index (Phi) is 6.98. The fourth-order valence-corrected chi connectivity index (χ4v) is 5.82. The van der Waals surface area contributed by atoms with Crippen molar-refractivity contribution in [3.8, 4) is 5.75 Å². The first-order valence-corrected chi connectivity index (χ1v) is 11.3. The molecule has 1 fully saturated rings. The number of halogens is 2. The summed E-state index contributed by atoms with van der Waals surface area (Å²) < 4.78 is 8.51. The van der Waals surface area contributed by atoms with Crippen LogP contribution in [0.2, 0.25) is 0 Å². The van der Waals surface area contributed by atoms with E-state index in [0.29, 0.717) is 22.4 Å². The lowest BCUT2D eigenvalue weighted by Gasteiger charge is -2.14. The predicted molar refractivity (Wildman–Crippen MR) is 128 cm³/mol. The van der Waals surface area contributed by atoms with Gasteiger partial charge in [-0.05, 0) is 75.9 Å². The third kappa shape index (κ3) is 4.60. The van der Waals surface area contributed by atoms with Crippen LogP contribution in [0, 0.1) is 7.14 Å². The maximum atomic E-state index is 12.9. The Morgan fingerprint density at radius 1 is 1.23 bits per heavy atom. The fourth-order valence-electron chi connectivity index (χ4n) is 2.53. The molecule has 0 atom stereocenters. The Morgan fingerprint density at radius 3 is 2.65 bits per heavy atom. The van der Waals surface area contributed by atoms with Gasteiger partial charge in [0.25, 0.3) is 5.91 Å². The largest absolute Gasteiger partial charge is 0.492 e. The van der Waals surface area contributed by atoms with E-state index < -0.39 is 0 Å². The molecule has 0 radical (unpaired) electrons. The van der Waals surface area contributed by atoms with Gasteiger partial charge < -0.3 is 4.74 Å². The summed E-state index contributed by atoms with van der Waals surface area (Å²) in [6, 6.07) is 14.0. The molecule has 7 heteroatoms. The highest BCUT2D eigenvalue weighted by Crippen LogP contribution is 2.37. The summed E-state index contributed by atoms with van der Waals surface area (Å²) in [7, 11) is 0. The highest BCUT2D eigenvalue weighted by molar-refractivity contribution is 14.1. The van der Waals surface area contributed by atoms with E-state index in [1.807, 2.05) is 49.4 Å². The van der Waals surface area contributed by atoms with Crippen molar-refractivity contribution >= 4 is 85.5 Å². The second-order valence-corrected chi connectivity index (χ2v) is 9.58. The molecule has 1 amide bonds. The Morgan fingerprint density at radius 2 is 1.96 bits per heavy atom. The molecule has 0 spiro atoms. The van der Waals surface area contributed by atoms with Crippen molar-refractivity contribution in [2.45, 2.75) is 13.5 Å². The van der Waals surface area contributed by atoms with Crippen LogP contribution in [0.4, 0.5) is 0 Å².